The molecule has 1 rings (SSSR count). The van der Waals surface area contributed by atoms with E-state index in [0.717, 1.165) is 0 Å². The molecule has 0 spiro atoms. The van der Waals surface area contributed by atoms with Crippen LogP contribution in [-0.2, 0) is 14.9 Å². The van der Waals surface area contributed by atoms with Gasteiger partial charge < -0.3 is 9.84 Å². The molecule has 0 bridgehead atoms. The number of aromatic nitrogens is 1. The minimum absolute atomic E-state index is 0.0217. The number of anilines is 1. The fourth-order valence-electron chi connectivity index (χ4n) is 1.14. The molecule has 1 aromatic rings. The predicted molar refractivity (Wildman–Crippen MR) is 70.9 cm³/mol. The van der Waals surface area contributed by atoms with Gasteiger partial charge in [0.15, 0.2) is 0 Å². The van der Waals surface area contributed by atoms with Crippen LogP contribution in [0.3, 0.4) is 0 Å². The van der Waals surface area contributed by atoms with Crippen LogP contribution in [0, 0.1) is 11.8 Å². The number of carbonyl (C=O) groups excluding carboxylic acids is 1. The number of nitrogens with zero attached hydrogens (tertiary/aromatic N) is 1. The molecule has 0 aromatic carbocycles. The molecule has 20 heavy (non-hydrogen) atoms. The lowest BCUT2D eigenvalue weighted by molar-refractivity contribution is 0.159. The largest absolute Gasteiger partial charge is 0.449 e. The summed E-state index contributed by atoms with van der Waals surface area (Å²) >= 11 is 0. The van der Waals surface area contributed by atoms with Crippen molar-refractivity contribution in [2.24, 2.45) is 0 Å². The number of amides is 1. The van der Waals surface area contributed by atoms with Crippen LogP contribution in [0.4, 0.5) is 10.6 Å². The molecule has 0 radical (unpaired) electrons. The van der Waals surface area contributed by atoms with E-state index in [0.29, 0.717) is 5.56 Å². The van der Waals surface area contributed by atoms with Crippen molar-refractivity contribution in [1.29, 1.82) is 0 Å². The smallest absolute Gasteiger partial charge is 0.422 e. The van der Waals surface area contributed by atoms with Crippen LogP contribution in [0.5, 0.6) is 0 Å². The van der Waals surface area contributed by atoms with Gasteiger partial charge in [-0.05, 0) is 19.1 Å². The van der Waals surface area contributed by atoms with Gasteiger partial charge in [0.2, 0.25) is 0 Å². The molecule has 0 aliphatic heterocycles. The van der Waals surface area contributed by atoms with E-state index in [9.17, 15) is 13.2 Å². The Morgan fingerprint density at radius 3 is 2.95 bits per heavy atom. The van der Waals surface area contributed by atoms with Gasteiger partial charge in [0.05, 0.1) is 6.61 Å². The summed E-state index contributed by atoms with van der Waals surface area (Å²) in [5.74, 6) is 4.99. The van der Waals surface area contributed by atoms with E-state index in [2.05, 4.69) is 21.6 Å². The zero-order valence-corrected chi connectivity index (χ0v) is 11.4. The average Bonchev–Trinajstić information content (AvgIpc) is 2.35. The fourth-order valence-corrected chi connectivity index (χ4v) is 1.86. The summed E-state index contributed by atoms with van der Waals surface area (Å²) in [6, 6.07) is 2.90. The Bertz CT molecular complexity index is 633. The molecule has 1 heterocycles. The lowest BCUT2D eigenvalue weighted by Gasteiger charge is -2.08. The Morgan fingerprint density at radius 2 is 2.30 bits per heavy atom. The highest BCUT2D eigenvalue weighted by molar-refractivity contribution is 7.91. The summed E-state index contributed by atoms with van der Waals surface area (Å²) in [5, 5.41) is 8.57. The lowest BCUT2D eigenvalue weighted by atomic mass is 10.2. The maximum atomic E-state index is 11.6. The molecule has 0 saturated carbocycles. The molecule has 0 saturated heterocycles. The van der Waals surface area contributed by atoms with Crippen molar-refractivity contribution in [3.05, 3.63) is 23.9 Å². The number of aliphatic hydroxyl groups excluding tert-OH is 1. The van der Waals surface area contributed by atoms with Crippen LogP contribution in [0.2, 0.25) is 0 Å². The summed E-state index contributed by atoms with van der Waals surface area (Å²) in [5.41, 5.74) is 0.461. The quantitative estimate of drug-likeness (QED) is 0.664. The fraction of sp³-hybridized carbons (Fsp3) is 0.273. The van der Waals surface area contributed by atoms with Crippen molar-refractivity contribution in [3.8, 4) is 11.8 Å². The van der Waals surface area contributed by atoms with Gasteiger partial charge in [-0.3, -0.25) is 4.72 Å². The molecule has 0 unspecified atom stereocenters. The lowest BCUT2D eigenvalue weighted by Crippen LogP contribution is -2.35. The summed E-state index contributed by atoms with van der Waals surface area (Å²) in [6.45, 7) is 1.28. The second-order valence-corrected chi connectivity index (χ2v) is 4.73. The first-order valence-electron chi connectivity index (χ1n) is 5.50. The van der Waals surface area contributed by atoms with Crippen LogP contribution in [0.15, 0.2) is 18.3 Å². The molecule has 8 nitrogen and oxygen atoms in total. The maximum Gasteiger partial charge on any atom is 0.422 e. The van der Waals surface area contributed by atoms with Crippen molar-refractivity contribution in [1.82, 2.24) is 9.71 Å². The van der Waals surface area contributed by atoms with Gasteiger partial charge in [-0.2, -0.15) is 8.42 Å². The number of nitrogens with one attached hydrogen (secondary N) is 2. The van der Waals surface area contributed by atoms with Crippen molar-refractivity contribution in [2.45, 2.75) is 6.92 Å². The first-order chi connectivity index (χ1) is 9.46. The number of pyridine rings is 1. The topological polar surface area (TPSA) is 118 Å². The normalized spacial score (nSPS) is 10.1. The molecule has 3 N–H and O–H groups in total. The highest BCUT2D eigenvalue weighted by Gasteiger charge is 2.15. The van der Waals surface area contributed by atoms with Crippen molar-refractivity contribution in [3.63, 3.8) is 0 Å². The zero-order chi connectivity index (χ0) is 15.0. The Kier molecular flexibility index (Phi) is 5.76. The molecule has 1 amide bonds. The van der Waals surface area contributed by atoms with E-state index in [1.54, 1.807) is 17.7 Å². The SMILES string of the molecule is CCOC(=O)NS(=O)(=O)Nc1cc(C#CCO)ccn1. The number of carbonyl (C=O) groups is 1. The van der Waals surface area contributed by atoms with Gasteiger partial charge in [-0.15, -0.1) is 0 Å². The van der Waals surface area contributed by atoms with Gasteiger partial charge in [-0.1, -0.05) is 11.8 Å². The van der Waals surface area contributed by atoms with E-state index in [1.807, 2.05) is 4.72 Å². The number of hydrogen-bond acceptors (Lipinski definition) is 6. The standard InChI is InChI=1S/C11H13N3O5S/c1-2-19-11(16)14-20(17,18)13-10-8-9(4-3-7-15)5-6-12-10/h5-6,8,15H,2,7H2,1H3,(H,12,13)(H,14,16). The minimum atomic E-state index is -4.13. The monoisotopic (exact) mass is 299 g/mol. The minimum Gasteiger partial charge on any atom is -0.449 e. The number of hydrogen-bond donors (Lipinski definition) is 3. The van der Waals surface area contributed by atoms with Crippen LogP contribution in [0.1, 0.15) is 12.5 Å². The van der Waals surface area contributed by atoms with Gasteiger partial charge >= 0.3 is 16.3 Å². The van der Waals surface area contributed by atoms with E-state index in [1.165, 1.54) is 12.3 Å². The van der Waals surface area contributed by atoms with E-state index < -0.39 is 16.3 Å². The molecular formula is C11H13N3O5S. The second-order valence-electron chi connectivity index (χ2n) is 3.32. The van der Waals surface area contributed by atoms with Gasteiger partial charge in [0.1, 0.15) is 12.4 Å². The third-order valence-corrected chi connectivity index (χ3v) is 2.72. The first kappa shape index (κ1) is 15.7. The van der Waals surface area contributed by atoms with E-state index >= 15 is 0 Å². The van der Waals surface area contributed by atoms with E-state index in [-0.39, 0.29) is 19.0 Å². The van der Waals surface area contributed by atoms with Crippen LogP contribution in [0.25, 0.3) is 0 Å². The summed E-state index contributed by atoms with van der Waals surface area (Å²) < 4.78 is 31.3. The Labute approximate surface area is 116 Å². The Morgan fingerprint density at radius 1 is 1.55 bits per heavy atom. The highest BCUT2D eigenvalue weighted by Crippen LogP contribution is 2.07. The van der Waals surface area contributed by atoms with Crippen molar-refractivity contribution >= 4 is 22.1 Å². The maximum absolute atomic E-state index is 11.6. The zero-order valence-electron chi connectivity index (χ0n) is 10.6. The number of ether oxygens (including phenoxy) is 1. The molecule has 0 atom stereocenters. The average molecular weight is 299 g/mol. The van der Waals surface area contributed by atoms with Gasteiger partial charge in [-0.25, -0.2) is 14.5 Å². The van der Waals surface area contributed by atoms with Crippen molar-refractivity contribution in [2.75, 3.05) is 17.9 Å². The summed E-state index contributed by atoms with van der Waals surface area (Å²) in [6.07, 6.45) is 0.250. The number of aliphatic hydroxyl groups is 1. The van der Waals surface area contributed by atoms with Crippen molar-refractivity contribution < 1.29 is 23.1 Å². The molecule has 1 aromatic heterocycles. The van der Waals surface area contributed by atoms with Crippen LogP contribution >= 0.6 is 0 Å². The Hall–Kier alpha value is -2.31. The summed E-state index contributed by atoms with van der Waals surface area (Å²) in [4.78, 5) is 14.8. The van der Waals surface area contributed by atoms with Crippen LogP contribution in [-0.4, -0.2) is 37.8 Å². The van der Waals surface area contributed by atoms with Gasteiger partial charge in [0, 0.05) is 11.8 Å². The predicted octanol–water partition coefficient (Wildman–Crippen LogP) is -0.172. The molecule has 108 valence electrons. The number of rotatable bonds is 4. The molecular weight excluding hydrogens is 286 g/mol. The Balaban J connectivity index is 2.79. The first-order valence-corrected chi connectivity index (χ1v) is 6.98. The molecule has 0 aliphatic rings. The summed E-state index contributed by atoms with van der Waals surface area (Å²) in [7, 11) is -4.13. The second kappa shape index (κ2) is 7.32. The third kappa shape index (κ3) is 5.55. The third-order valence-electron chi connectivity index (χ3n) is 1.80. The molecule has 9 heteroatoms. The van der Waals surface area contributed by atoms with E-state index in [4.69, 9.17) is 5.11 Å². The molecule has 0 fully saturated rings. The van der Waals surface area contributed by atoms with Gasteiger partial charge in [0.25, 0.3) is 0 Å². The highest BCUT2D eigenvalue weighted by atomic mass is 32.2. The molecule has 0 aliphatic carbocycles. The van der Waals surface area contributed by atoms with Crippen LogP contribution < -0.4 is 9.44 Å².